The van der Waals surface area contributed by atoms with Gasteiger partial charge in [0.1, 0.15) is 146 Å². The minimum absolute atomic E-state index is 0.181. The van der Waals surface area contributed by atoms with Crippen molar-refractivity contribution in [2.75, 3.05) is 46.2 Å². The highest BCUT2D eigenvalue weighted by molar-refractivity contribution is 5.76. The van der Waals surface area contributed by atoms with Crippen molar-refractivity contribution in [1.29, 1.82) is 0 Å². The van der Waals surface area contributed by atoms with E-state index >= 15 is 0 Å². The molecule has 0 saturated carbocycles. The van der Waals surface area contributed by atoms with Crippen LogP contribution in [0.25, 0.3) is 0 Å². The zero-order valence-electron chi connectivity index (χ0n) is 71.2. The summed E-state index contributed by atoms with van der Waals surface area (Å²) in [5.41, 5.74) is 0. The molecule has 0 aromatic rings. The van der Waals surface area contributed by atoms with Gasteiger partial charge in [-0.3, -0.25) is 14.4 Å². The molecule has 6 heterocycles. The highest BCUT2D eigenvalue weighted by Crippen LogP contribution is 2.38. The van der Waals surface area contributed by atoms with Gasteiger partial charge in [-0.15, -0.1) is 0 Å². The maximum absolute atomic E-state index is 13.6. The summed E-state index contributed by atoms with van der Waals surface area (Å²) in [5.74, 6) is -1.98. The van der Waals surface area contributed by atoms with Crippen LogP contribution < -0.4 is 16.0 Å². The predicted molar refractivity (Wildman–Crippen MR) is 431 cm³/mol. The van der Waals surface area contributed by atoms with E-state index in [4.69, 9.17) is 56.8 Å². The zero-order valence-corrected chi connectivity index (χ0v) is 71.2. The first-order valence-electron chi connectivity index (χ1n) is 45.0. The van der Waals surface area contributed by atoms with Crippen LogP contribution in [0.1, 0.15) is 259 Å². The van der Waals surface area contributed by atoms with Crippen LogP contribution in [-0.4, -0.2) is 352 Å². The minimum atomic E-state index is -2.27. The van der Waals surface area contributed by atoms with Gasteiger partial charge in [-0.25, -0.2) is 0 Å². The molecule has 36 heteroatoms. The molecular weight excluding hydrogens is 1580 g/mol. The van der Waals surface area contributed by atoms with Crippen LogP contribution in [0.5, 0.6) is 0 Å². The van der Waals surface area contributed by atoms with E-state index in [9.17, 15) is 106 Å². The van der Waals surface area contributed by atoms with Gasteiger partial charge in [-0.05, 0) is 19.3 Å². The summed E-state index contributed by atoms with van der Waals surface area (Å²) in [6.45, 7) is 0.102. The van der Waals surface area contributed by atoms with Crippen molar-refractivity contribution < 1.29 is 163 Å². The number of carbonyl (C=O) groups is 3. The average Bonchev–Trinajstić information content (AvgIpc) is 0.767. The van der Waals surface area contributed by atoms with Gasteiger partial charge in [0.15, 0.2) is 37.7 Å². The molecule has 0 aromatic carbocycles. The number of carbonyl (C=O) groups excluding carboxylic acids is 3. The fraction of sp³-hybridized carbons (Fsp3) is 0.940. The van der Waals surface area contributed by atoms with Gasteiger partial charge in [0.05, 0.1) is 58.4 Å². The number of rotatable bonds is 60. The van der Waals surface area contributed by atoms with Crippen LogP contribution in [0.3, 0.4) is 0 Å². The number of hydrogen-bond acceptors (Lipinski definition) is 33. The first-order chi connectivity index (χ1) is 57.8. The van der Waals surface area contributed by atoms with Gasteiger partial charge in [0.25, 0.3) is 0 Å². The van der Waals surface area contributed by atoms with E-state index < -0.39 is 254 Å². The third kappa shape index (κ3) is 33.9. The quantitative estimate of drug-likeness (QED) is 0.0294. The van der Waals surface area contributed by atoms with Crippen molar-refractivity contribution in [3.63, 3.8) is 0 Å². The second-order valence-electron chi connectivity index (χ2n) is 33.5. The minimum Gasteiger partial charge on any atom is -0.394 e. The Kier molecular flexibility index (Phi) is 51.5. The summed E-state index contributed by atoms with van der Waals surface area (Å²) in [4.78, 5) is 38.8. The number of aliphatic hydroxyl groups is 18. The summed E-state index contributed by atoms with van der Waals surface area (Å²) >= 11 is 0. The number of amides is 3. The molecule has 21 N–H and O–H groups in total. The fourth-order valence-corrected chi connectivity index (χ4v) is 16.5. The van der Waals surface area contributed by atoms with Gasteiger partial charge >= 0.3 is 0 Å². The summed E-state index contributed by atoms with van der Waals surface area (Å²) in [6.07, 6.45) is -9.76. The first kappa shape index (κ1) is 106. The summed E-state index contributed by atoms with van der Waals surface area (Å²) in [5, 5.41) is 209. The van der Waals surface area contributed by atoms with Gasteiger partial charge in [-0.2, -0.15) is 0 Å². The molecule has 0 spiro atoms. The molecule has 3 amide bonds. The molecular formula is C84H153N3O33. The highest BCUT2D eigenvalue weighted by atomic mass is 16.8. The largest absolute Gasteiger partial charge is 0.394 e. The second-order valence-corrected chi connectivity index (χ2v) is 33.5. The lowest BCUT2D eigenvalue weighted by Crippen LogP contribution is -2.71. The molecule has 32 atom stereocenters. The monoisotopic (exact) mass is 1730 g/mol. The van der Waals surface area contributed by atoms with Crippen molar-refractivity contribution in [3.05, 3.63) is 12.2 Å². The lowest BCUT2D eigenvalue weighted by Gasteiger charge is -2.51. The van der Waals surface area contributed by atoms with Crippen LogP contribution in [0.15, 0.2) is 12.2 Å². The average molecular weight is 1730 g/mol. The van der Waals surface area contributed by atoms with Crippen LogP contribution >= 0.6 is 0 Å². The highest BCUT2D eigenvalue weighted by Gasteiger charge is 2.59. The molecule has 0 aliphatic carbocycles. The molecule has 6 aliphatic heterocycles. The van der Waals surface area contributed by atoms with E-state index in [1.54, 1.807) is 6.08 Å². The van der Waals surface area contributed by atoms with E-state index in [0.29, 0.717) is 12.8 Å². The summed E-state index contributed by atoms with van der Waals surface area (Å²) in [6, 6.07) is -4.51. The molecule has 0 aromatic heterocycles. The van der Waals surface area contributed by atoms with E-state index in [1.165, 1.54) is 161 Å². The van der Waals surface area contributed by atoms with Crippen molar-refractivity contribution >= 4 is 17.7 Å². The van der Waals surface area contributed by atoms with Crippen molar-refractivity contribution in [2.45, 2.75) is 455 Å². The normalized spacial score (nSPS) is 35.5. The number of ether oxygens (including phenoxy) is 12. The summed E-state index contributed by atoms with van der Waals surface area (Å²) < 4.78 is 70.9. The molecule has 702 valence electrons. The van der Waals surface area contributed by atoms with E-state index in [0.717, 1.165) is 65.2 Å². The van der Waals surface area contributed by atoms with Crippen molar-refractivity contribution in [1.82, 2.24) is 16.0 Å². The fourth-order valence-electron chi connectivity index (χ4n) is 16.5. The SMILES string of the molecule is CCCCCCCCCCCCC/C=C/[C@@H](O)[C@H](CO[C@@H]1OC(CO)[C@@H](O[C@@H]2OC(CO)[C@H](O[C@@H]3OC(CO)[C@H](O)[C@H](O[C@@H]4OC(CO)[C@H](O)[C@H](O[C@@H]5OC(CO)[C@H](O)[C@H](O[C@H]6OC(CO)[C@H](O)[C@H](O)C6NC(C)=O)C5O)C4NC(C)=O)C3O)[C@H](O)C2O)[C@H](O)C1O)NC(=O)CCCCCCCCCCCCCCCCCCCCCCCCC. The number of unbranched alkanes of at least 4 members (excludes halogenated alkanes) is 33. The molecule has 6 fully saturated rings. The topological polar surface area (TPSA) is 562 Å². The molecule has 0 radical (unpaired) electrons. The number of allylic oxidation sites excluding steroid dienone is 1. The Labute approximate surface area is 707 Å². The number of aliphatic hydroxyl groups excluding tert-OH is 18. The standard InChI is InChI=1S/C84H153N3O33/c1-5-7-9-11-13-15-17-19-20-21-22-23-24-25-26-27-28-30-32-34-36-38-40-42-60(97)87-52(53(96)41-39-37-35-33-31-29-18-16-14-12-10-8-6-2)49-109-81-70(105)68(103)74(58(47-92)114-81)116-82-71(106)69(104)75(59(48-93)115-82)117-83-72(107)78(66(101)56(45-90)112-83)120-80-62(86-51(4)95)76(64(99)55(44-89)111-80)118-84-73(108)77(65(100)57(46-91)113-84)119-79-61(85-50(3)94)67(102)63(98)54(43-88)110-79/h39,41,52-59,61-84,88-93,96,98-108H,5-38,40,42-49H2,1-4H3,(H,85,94)(H,86,95)(H,87,97)/b41-39+/t52-,53+,54?,55?,56?,57?,58?,59?,61?,62?,63-,64-,65-,66-,67+,68+,69+,70?,71?,72?,73?,74+,75-,76+,77-,78-,79+,80-,81+,82-,83-,84-/m0/s1. The van der Waals surface area contributed by atoms with Crippen LogP contribution in [0.2, 0.25) is 0 Å². The number of hydrogen-bond donors (Lipinski definition) is 21. The molecule has 6 rings (SSSR count). The van der Waals surface area contributed by atoms with Gasteiger partial charge in [0.2, 0.25) is 17.7 Å². The second kappa shape index (κ2) is 58.4. The third-order valence-corrected chi connectivity index (χ3v) is 23.7. The van der Waals surface area contributed by atoms with Gasteiger partial charge in [0, 0.05) is 20.3 Å². The molecule has 0 bridgehead atoms. The Balaban J connectivity index is 1.04. The van der Waals surface area contributed by atoms with E-state index in [2.05, 4.69) is 29.8 Å². The molecule has 12 unspecified atom stereocenters. The van der Waals surface area contributed by atoms with E-state index in [1.807, 2.05) is 6.08 Å². The Bertz CT molecular complexity index is 2740. The van der Waals surface area contributed by atoms with Crippen LogP contribution in [-0.2, 0) is 71.2 Å². The zero-order chi connectivity index (χ0) is 87.6. The molecule has 120 heavy (non-hydrogen) atoms. The van der Waals surface area contributed by atoms with Crippen molar-refractivity contribution in [3.8, 4) is 0 Å². The third-order valence-electron chi connectivity index (χ3n) is 23.7. The van der Waals surface area contributed by atoms with Gasteiger partial charge < -0.3 is 165 Å². The Morgan fingerprint density at radius 1 is 0.325 bits per heavy atom. The maximum Gasteiger partial charge on any atom is 0.220 e. The number of nitrogens with one attached hydrogen (secondary N) is 3. The van der Waals surface area contributed by atoms with Crippen molar-refractivity contribution in [2.24, 2.45) is 0 Å². The van der Waals surface area contributed by atoms with Crippen LogP contribution in [0, 0.1) is 0 Å². The van der Waals surface area contributed by atoms with Crippen LogP contribution in [0.4, 0.5) is 0 Å². The lowest BCUT2D eigenvalue weighted by atomic mass is 9.94. The Hall–Kier alpha value is -3.05. The molecule has 6 aliphatic rings. The smallest absolute Gasteiger partial charge is 0.220 e. The molecule has 36 nitrogen and oxygen atoms in total. The van der Waals surface area contributed by atoms with E-state index in [-0.39, 0.29) is 12.3 Å². The summed E-state index contributed by atoms with van der Waals surface area (Å²) in [7, 11) is 0. The molecule has 6 saturated heterocycles. The first-order valence-corrected chi connectivity index (χ1v) is 45.0. The van der Waals surface area contributed by atoms with Gasteiger partial charge in [-0.1, -0.05) is 231 Å². The maximum atomic E-state index is 13.6. The predicted octanol–water partition coefficient (Wildman–Crippen LogP) is 0.697. The Morgan fingerprint density at radius 2 is 0.625 bits per heavy atom. The lowest BCUT2D eigenvalue weighted by molar-refractivity contribution is -0.390. The Morgan fingerprint density at radius 3 is 1.02 bits per heavy atom.